The molecular weight excluding hydrogens is 173 g/mol. The fourth-order valence-corrected chi connectivity index (χ4v) is 0.329. The van der Waals surface area contributed by atoms with E-state index in [1.54, 1.807) is 0 Å². The summed E-state index contributed by atoms with van der Waals surface area (Å²) in [7, 11) is 0. The van der Waals surface area contributed by atoms with Crippen LogP contribution >= 0.6 is 0 Å². The molecule has 0 atom stereocenters. The molecule has 0 saturated heterocycles. The van der Waals surface area contributed by atoms with E-state index < -0.39 is 25.1 Å². The third-order valence-electron chi connectivity index (χ3n) is 0.949. The number of hydrogen-bond acceptors (Lipinski definition) is 2. The molecule has 0 aromatic carbocycles. The highest BCUT2D eigenvalue weighted by Crippen LogP contribution is 2.37. The highest BCUT2D eigenvalue weighted by Gasteiger charge is 2.56. The molecule has 0 spiro atoms. The van der Waals surface area contributed by atoms with E-state index in [4.69, 9.17) is 0 Å². The van der Waals surface area contributed by atoms with Crippen molar-refractivity contribution in [3.63, 3.8) is 0 Å². The molecule has 0 aromatic rings. The Morgan fingerprint density at radius 1 is 1.09 bits per heavy atom. The van der Waals surface area contributed by atoms with Crippen molar-refractivity contribution in [2.45, 2.75) is 18.5 Å². The standard InChI is InChI=1S/C4H6F5NO/c5-3(6,1-2-11-10)4(7,8)9/h1-2,10H2. The molecule has 0 saturated carbocycles. The minimum Gasteiger partial charge on any atom is -0.304 e. The SMILES string of the molecule is NOCCC(F)(F)C(F)(F)F. The van der Waals surface area contributed by atoms with Gasteiger partial charge in [0.05, 0.1) is 6.61 Å². The van der Waals surface area contributed by atoms with Crippen LogP contribution in [0.3, 0.4) is 0 Å². The Kier molecular flexibility index (Phi) is 3.18. The van der Waals surface area contributed by atoms with Crippen LogP contribution in [0.4, 0.5) is 22.0 Å². The zero-order valence-electron chi connectivity index (χ0n) is 5.29. The first kappa shape index (κ1) is 10.6. The lowest BCUT2D eigenvalue weighted by molar-refractivity contribution is -0.287. The van der Waals surface area contributed by atoms with E-state index in [1.165, 1.54) is 0 Å². The van der Waals surface area contributed by atoms with Crippen LogP contribution in [-0.2, 0) is 4.84 Å². The van der Waals surface area contributed by atoms with Gasteiger partial charge in [0.1, 0.15) is 0 Å². The summed E-state index contributed by atoms with van der Waals surface area (Å²) in [6.07, 6.45) is -6.97. The van der Waals surface area contributed by atoms with Crippen molar-refractivity contribution in [2.75, 3.05) is 6.61 Å². The van der Waals surface area contributed by atoms with Gasteiger partial charge in [0, 0.05) is 6.42 Å². The van der Waals surface area contributed by atoms with Gasteiger partial charge in [-0.3, -0.25) is 0 Å². The van der Waals surface area contributed by atoms with Gasteiger partial charge in [-0.2, -0.15) is 22.0 Å². The Labute approximate surface area is 59.1 Å². The maximum absolute atomic E-state index is 11.9. The molecule has 0 aromatic heterocycles. The van der Waals surface area contributed by atoms with Crippen molar-refractivity contribution in [2.24, 2.45) is 5.90 Å². The van der Waals surface area contributed by atoms with Crippen molar-refractivity contribution in [3.8, 4) is 0 Å². The first-order chi connectivity index (χ1) is 4.81. The lowest BCUT2D eigenvalue weighted by atomic mass is 10.2. The van der Waals surface area contributed by atoms with Gasteiger partial charge < -0.3 is 4.84 Å². The smallest absolute Gasteiger partial charge is 0.304 e. The molecule has 0 aliphatic rings. The van der Waals surface area contributed by atoms with Gasteiger partial charge in [-0.15, -0.1) is 0 Å². The first-order valence-corrected chi connectivity index (χ1v) is 2.57. The van der Waals surface area contributed by atoms with Crippen LogP contribution < -0.4 is 5.90 Å². The molecule has 0 bridgehead atoms. The van der Waals surface area contributed by atoms with Crippen molar-refractivity contribution < 1.29 is 26.8 Å². The van der Waals surface area contributed by atoms with E-state index in [0.717, 1.165) is 0 Å². The summed E-state index contributed by atoms with van der Waals surface area (Å²) in [4.78, 5) is 3.59. The maximum Gasteiger partial charge on any atom is 0.453 e. The lowest BCUT2D eigenvalue weighted by Gasteiger charge is -2.18. The third kappa shape index (κ3) is 2.98. The molecule has 0 aliphatic heterocycles. The van der Waals surface area contributed by atoms with Crippen LogP contribution in [-0.4, -0.2) is 18.7 Å². The number of halogens is 5. The lowest BCUT2D eigenvalue weighted by Crippen LogP contribution is -2.37. The molecule has 0 amide bonds. The second-order valence-corrected chi connectivity index (χ2v) is 1.82. The summed E-state index contributed by atoms with van der Waals surface area (Å²) in [5.74, 6) is -0.438. The van der Waals surface area contributed by atoms with Gasteiger partial charge in [-0.1, -0.05) is 0 Å². The monoisotopic (exact) mass is 179 g/mol. The topological polar surface area (TPSA) is 35.2 Å². The Bertz CT molecular complexity index is 122. The van der Waals surface area contributed by atoms with Crippen LogP contribution in [0.1, 0.15) is 6.42 Å². The Morgan fingerprint density at radius 3 is 1.82 bits per heavy atom. The normalized spacial score (nSPS) is 13.6. The van der Waals surface area contributed by atoms with E-state index in [0.29, 0.717) is 0 Å². The van der Waals surface area contributed by atoms with Crippen molar-refractivity contribution >= 4 is 0 Å². The van der Waals surface area contributed by atoms with Gasteiger partial charge >= 0.3 is 12.1 Å². The number of hydrogen-bond donors (Lipinski definition) is 1. The largest absolute Gasteiger partial charge is 0.453 e. The second kappa shape index (κ2) is 3.31. The minimum absolute atomic E-state index is 0.827. The Hall–Kier alpha value is -0.430. The Balaban J connectivity index is 4.00. The van der Waals surface area contributed by atoms with Gasteiger partial charge in [0.15, 0.2) is 0 Å². The van der Waals surface area contributed by atoms with Gasteiger partial charge in [-0.05, 0) is 0 Å². The van der Waals surface area contributed by atoms with Gasteiger partial charge in [0.2, 0.25) is 0 Å². The van der Waals surface area contributed by atoms with E-state index in [-0.39, 0.29) is 0 Å². The van der Waals surface area contributed by atoms with Crippen LogP contribution in [0.5, 0.6) is 0 Å². The average Bonchev–Trinajstić information content (AvgIpc) is 1.81. The number of alkyl halides is 5. The summed E-state index contributed by atoms with van der Waals surface area (Å²) in [5, 5.41) is 0. The molecule has 7 heteroatoms. The zero-order valence-corrected chi connectivity index (χ0v) is 5.29. The molecule has 0 fully saturated rings. The summed E-state index contributed by atoms with van der Waals surface area (Å²) < 4.78 is 57.6. The quantitative estimate of drug-likeness (QED) is 0.525. The molecule has 2 nitrogen and oxygen atoms in total. The fraction of sp³-hybridized carbons (Fsp3) is 1.00. The van der Waals surface area contributed by atoms with Crippen LogP contribution in [0.2, 0.25) is 0 Å². The maximum atomic E-state index is 11.9. The molecule has 0 aliphatic carbocycles. The molecule has 0 unspecified atom stereocenters. The first-order valence-electron chi connectivity index (χ1n) is 2.57. The molecular formula is C4H6F5NO. The average molecular weight is 179 g/mol. The van der Waals surface area contributed by atoms with Crippen molar-refractivity contribution in [1.82, 2.24) is 0 Å². The zero-order chi connectivity index (χ0) is 9.12. The predicted molar refractivity (Wildman–Crippen MR) is 25.8 cm³/mol. The highest BCUT2D eigenvalue weighted by atomic mass is 19.4. The fourth-order valence-electron chi connectivity index (χ4n) is 0.329. The van der Waals surface area contributed by atoms with E-state index in [9.17, 15) is 22.0 Å². The number of nitrogens with two attached hydrogens (primary N) is 1. The van der Waals surface area contributed by atoms with Crippen LogP contribution in [0, 0.1) is 0 Å². The van der Waals surface area contributed by atoms with Crippen molar-refractivity contribution in [1.29, 1.82) is 0 Å². The van der Waals surface area contributed by atoms with E-state index in [1.807, 2.05) is 0 Å². The van der Waals surface area contributed by atoms with Gasteiger partial charge in [-0.25, -0.2) is 5.90 Å². The molecule has 2 N–H and O–H groups in total. The van der Waals surface area contributed by atoms with E-state index in [2.05, 4.69) is 10.7 Å². The summed E-state index contributed by atoms with van der Waals surface area (Å²) >= 11 is 0. The third-order valence-corrected chi connectivity index (χ3v) is 0.949. The summed E-state index contributed by atoms with van der Waals surface area (Å²) in [6.45, 7) is -0.827. The Morgan fingerprint density at radius 2 is 1.55 bits per heavy atom. The van der Waals surface area contributed by atoms with Gasteiger partial charge in [0.25, 0.3) is 0 Å². The predicted octanol–water partition coefficient (Wildman–Crippen LogP) is 1.46. The summed E-state index contributed by atoms with van der Waals surface area (Å²) in [6, 6.07) is 0. The molecule has 11 heavy (non-hydrogen) atoms. The van der Waals surface area contributed by atoms with Crippen LogP contribution in [0.25, 0.3) is 0 Å². The molecule has 0 rings (SSSR count). The van der Waals surface area contributed by atoms with Crippen molar-refractivity contribution in [3.05, 3.63) is 0 Å². The van der Waals surface area contributed by atoms with E-state index >= 15 is 0 Å². The number of rotatable bonds is 3. The van der Waals surface area contributed by atoms with Crippen LogP contribution in [0.15, 0.2) is 0 Å². The highest BCUT2D eigenvalue weighted by molar-refractivity contribution is 4.74. The molecule has 0 heterocycles. The minimum atomic E-state index is -5.52. The second-order valence-electron chi connectivity index (χ2n) is 1.82. The molecule has 0 radical (unpaired) electrons. The molecule has 68 valence electrons. The summed E-state index contributed by atoms with van der Waals surface area (Å²) in [5.41, 5.74) is 0.